The summed E-state index contributed by atoms with van der Waals surface area (Å²) in [5, 5.41) is 3.26. The van der Waals surface area contributed by atoms with Gasteiger partial charge in [-0.05, 0) is 5.92 Å². The second-order valence-corrected chi connectivity index (χ2v) is 9.05. The summed E-state index contributed by atoms with van der Waals surface area (Å²) in [5.74, 6) is 1.92. The van der Waals surface area contributed by atoms with Gasteiger partial charge in [0.2, 0.25) is 0 Å². The van der Waals surface area contributed by atoms with Crippen molar-refractivity contribution >= 4 is 27.4 Å². The average Bonchev–Trinajstić information content (AvgIpc) is 2.19. The Kier molecular flexibility index (Phi) is 8.94. The lowest BCUT2D eigenvalue weighted by Crippen LogP contribution is -2.43. The van der Waals surface area contributed by atoms with Crippen molar-refractivity contribution in [1.29, 1.82) is 0 Å². The van der Waals surface area contributed by atoms with Crippen molar-refractivity contribution in [1.82, 2.24) is 5.32 Å². The van der Waals surface area contributed by atoms with Crippen molar-refractivity contribution < 1.29 is 13.2 Å². The standard InChI is InChI=1S/C13H27NO3S2/c1-10(2)8-13(15)12(14-11(3)4)9-18-6-7-19(5,16)17/h10-12,14H,6-9H2,1-5H3. The van der Waals surface area contributed by atoms with Crippen LogP contribution in [0.25, 0.3) is 0 Å². The molecule has 0 rings (SSSR count). The molecule has 0 amide bonds. The zero-order valence-electron chi connectivity index (χ0n) is 12.6. The molecule has 0 fully saturated rings. The molecule has 19 heavy (non-hydrogen) atoms. The molecule has 114 valence electrons. The Hall–Kier alpha value is -0.0700. The molecule has 0 spiro atoms. The van der Waals surface area contributed by atoms with E-state index in [1.54, 1.807) is 0 Å². The fourth-order valence-corrected chi connectivity index (χ4v) is 3.96. The zero-order chi connectivity index (χ0) is 15.1. The Balaban J connectivity index is 4.24. The van der Waals surface area contributed by atoms with Crippen molar-refractivity contribution in [3.05, 3.63) is 0 Å². The molecule has 0 heterocycles. The predicted octanol–water partition coefficient (Wildman–Crippen LogP) is 1.75. The molecule has 0 aromatic heterocycles. The van der Waals surface area contributed by atoms with Gasteiger partial charge in [0.05, 0.1) is 11.8 Å². The average molecular weight is 309 g/mol. The Morgan fingerprint density at radius 2 is 1.79 bits per heavy atom. The summed E-state index contributed by atoms with van der Waals surface area (Å²) in [7, 11) is -2.91. The number of ketones is 1. The van der Waals surface area contributed by atoms with Gasteiger partial charge in [-0.1, -0.05) is 27.7 Å². The lowest BCUT2D eigenvalue weighted by atomic mass is 10.0. The highest BCUT2D eigenvalue weighted by atomic mass is 32.2. The summed E-state index contributed by atoms with van der Waals surface area (Å²) in [6.45, 7) is 8.08. The van der Waals surface area contributed by atoms with E-state index in [4.69, 9.17) is 0 Å². The first-order valence-electron chi connectivity index (χ1n) is 6.66. The lowest BCUT2D eigenvalue weighted by Gasteiger charge is -2.20. The number of hydrogen-bond donors (Lipinski definition) is 1. The Bertz CT molecular complexity index is 364. The molecule has 0 saturated carbocycles. The van der Waals surface area contributed by atoms with Crippen molar-refractivity contribution in [2.24, 2.45) is 5.92 Å². The zero-order valence-corrected chi connectivity index (χ0v) is 14.2. The summed E-state index contributed by atoms with van der Waals surface area (Å²) in [6.07, 6.45) is 1.80. The number of thioether (sulfide) groups is 1. The van der Waals surface area contributed by atoms with E-state index in [0.29, 0.717) is 23.8 Å². The molecule has 0 aromatic rings. The molecular formula is C13H27NO3S2. The molecule has 0 saturated heterocycles. The highest BCUT2D eigenvalue weighted by Gasteiger charge is 2.19. The van der Waals surface area contributed by atoms with Crippen LogP contribution in [-0.2, 0) is 14.6 Å². The molecule has 1 N–H and O–H groups in total. The molecule has 0 aliphatic carbocycles. The van der Waals surface area contributed by atoms with Crippen molar-refractivity contribution in [2.45, 2.75) is 46.2 Å². The topological polar surface area (TPSA) is 63.2 Å². The van der Waals surface area contributed by atoms with E-state index < -0.39 is 9.84 Å². The molecule has 0 aromatic carbocycles. The highest BCUT2D eigenvalue weighted by molar-refractivity contribution is 8.00. The van der Waals surface area contributed by atoms with Crippen LogP contribution in [0.15, 0.2) is 0 Å². The van der Waals surface area contributed by atoms with Gasteiger partial charge in [0, 0.05) is 30.2 Å². The van der Waals surface area contributed by atoms with E-state index in [1.807, 2.05) is 27.7 Å². The predicted molar refractivity (Wildman–Crippen MR) is 83.6 cm³/mol. The molecule has 6 heteroatoms. The summed E-state index contributed by atoms with van der Waals surface area (Å²) in [6, 6.07) is 0.0728. The van der Waals surface area contributed by atoms with Crippen LogP contribution in [0.2, 0.25) is 0 Å². The van der Waals surface area contributed by atoms with Crippen molar-refractivity contribution in [3.63, 3.8) is 0 Å². The van der Waals surface area contributed by atoms with Crippen LogP contribution >= 0.6 is 11.8 Å². The molecule has 1 unspecified atom stereocenters. The minimum Gasteiger partial charge on any atom is -0.305 e. The van der Waals surface area contributed by atoms with E-state index in [0.717, 1.165) is 0 Å². The van der Waals surface area contributed by atoms with Crippen molar-refractivity contribution in [2.75, 3.05) is 23.5 Å². The summed E-state index contributed by atoms with van der Waals surface area (Å²) < 4.78 is 22.1. The third-order valence-corrected chi connectivity index (χ3v) is 4.68. The van der Waals surface area contributed by atoms with Gasteiger partial charge in [-0.25, -0.2) is 8.42 Å². The number of nitrogens with one attached hydrogen (secondary N) is 1. The molecule has 4 nitrogen and oxygen atoms in total. The number of carbonyl (C=O) groups excluding carboxylic acids is 1. The largest absolute Gasteiger partial charge is 0.305 e. The maximum absolute atomic E-state index is 12.1. The third-order valence-electron chi connectivity index (χ3n) is 2.42. The minimum atomic E-state index is -2.91. The molecule has 1 atom stereocenters. The fourth-order valence-electron chi connectivity index (χ4n) is 1.59. The number of hydrogen-bond acceptors (Lipinski definition) is 5. The summed E-state index contributed by atoms with van der Waals surface area (Å²) in [4.78, 5) is 12.1. The molecule has 0 bridgehead atoms. The normalized spacial score (nSPS) is 14.1. The highest BCUT2D eigenvalue weighted by Crippen LogP contribution is 2.10. The Morgan fingerprint density at radius 1 is 1.21 bits per heavy atom. The SMILES string of the molecule is CC(C)CC(=O)C(CSCCS(C)(=O)=O)NC(C)C. The molecular weight excluding hydrogens is 282 g/mol. The van der Waals surface area contributed by atoms with E-state index in [1.165, 1.54) is 18.0 Å². The van der Waals surface area contributed by atoms with E-state index in [-0.39, 0.29) is 23.6 Å². The van der Waals surface area contributed by atoms with Gasteiger partial charge < -0.3 is 5.32 Å². The Labute approximate surface area is 122 Å². The van der Waals surface area contributed by atoms with Crippen LogP contribution in [0.1, 0.15) is 34.1 Å². The van der Waals surface area contributed by atoms with E-state index in [2.05, 4.69) is 5.32 Å². The summed E-state index contributed by atoms with van der Waals surface area (Å²) in [5.41, 5.74) is 0. The van der Waals surface area contributed by atoms with Crippen LogP contribution < -0.4 is 5.32 Å². The first-order valence-corrected chi connectivity index (χ1v) is 9.87. The monoisotopic (exact) mass is 309 g/mol. The van der Waals surface area contributed by atoms with Crippen molar-refractivity contribution in [3.8, 4) is 0 Å². The fraction of sp³-hybridized carbons (Fsp3) is 0.923. The molecule has 0 radical (unpaired) electrons. The second kappa shape index (κ2) is 8.97. The van der Waals surface area contributed by atoms with Crippen LogP contribution in [-0.4, -0.2) is 49.8 Å². The third kappa shape index (κ3) is 11.5. The first kappa shape index (κ1) is 18.9. The van der Waals surface area contributed by atoms with Gasteiger partial charge in [-0.2, -0.15) is 11.8 Å². The van der Waals surface area contributed by atoms with Gasteiger partial charge in [-0.15, -0.1) is 0 Å². The Morgan fingerprint density at radius 3 is 2.21 bits per heavy atom. The van der Waals surface area contributed by atoms with Gasteiger partial charge in [0.25, 0.3) is 0 Å². The van der Waals surface area contributed by atoms with Gasteiger partial charge in [0.1, 0.15) is 9.84 Å². The van der Waals surface area contributed by atoms with E-state index >= 15 is 0 Å². The van der Waals surface area contributed by atoms with Crippen LogP contribution in [0, 0.1) is 5.92 Å². The molecule has 0 aliphatic heterocycles. The smallest absolute Gasteiger partial charge is 0.150 e. The number of carbonyl (C=O) groups is 1. The molecule has 0 aliphatic rings. The maximum atomic E-state index is 12.1. The maximum Gasteiger partial charge on any atom is 0.150 e. The van der Waals surface area contributed by atoms with Gasteiger partial charge in [0.15, 0.2) is 5.78 Å². The van der Waals surface area contributed by atoms with E-state index in [9.17, 15) is 13.2 Å². The lowest BCUT2D eigenvalue weighted by molar-refractivity contribution is -0.121. The van der Waals surface area contributed by atoms with Crippen LogP contribution in [0.5, 0.6) is 0 Å². The summed E-state index contributed by atoms with van der Waals surface area (Å²) >= 11 is 1.52. The number of sulfone groups is 1. The van der Waals surface area contributed by atoms with Crippen LogP contribution in [0.4, 0.5) is 0 Å². The van der Waals surface area contributed by atoms with Crippen LogP contribution in [0.3, 0.4) is 0 Å². The number of Topliss-reactive ketones (excluding diaryl/α,β-unsaturated/α-hetero) is 1. The minimum absolute atomic E-state index is 0.171. The van der Waals surface area contributed by atoms with Gasteiger partial charge >= 0.3 is 0 Å². The van der Waals surface area contributed by atoms with Gasteiger partial charge in [-0.3, -0.25) is 4.79 Å². The number of rotatable bonds is 10. The second-order valence-electron chi connectivity index (χ2n) is 5.64. The first-order chi connectivity index (χ1) is 8.61. The quantitative estimate of drug-likeness (QED) is 0.623.